The molecule has 33 heavy (non-hydrogen) atoms. The smallest absolute Gasteiger partial charge is 0.267 e. The third kappa shape index (κ3) is 4.59. The average Bonchev–Trinajstić information content (AvgIpc) is 3.21. The molecule has 0 aromatic heterocycles. The number of hydrogen-bond donors (Lipinski definition) is 0. The fourth-order valence-corrected chi connectivity index (χ4v) is 5.12. The van der Waals surface area contributed by atoms with Crippen LogP contribution in [0.15, 0.2) is 83.5 Å². The summed E-state index contributed by atoms with van der Waals surface area (Å²) in [4.78, 5) is 13.6. The van der Waals surface area contributed by atoms with Gasteiger partial charge in [-0.3, -0.25) is 4.79 Å². The first-order valence-corrected chi connectivity index (χ1v) is 12.0. The van der Waals surface area contributed by atoms with E-state index in [-0.39, 0.29) is 17.9 Å². The van der Waals surface area contributed by atoms with E-state index in [9.17, 15) is 4.79 Å². The number of carbonyl (C=O) groups is 1. The van der Waals surface area contributed by atoms with Gasteiger partial charge in [-0.05, 0) is 84.5 Å². The summed E-state index contributed by atoms with van der Waals surface area (Å²) >= 11 is 18.4. The van der Waals surface area contributed by atoms with E-state index in [0.29, 0.717) is 20.6 Å². The van der Waals surface area contributed by atoms with Crippen LogP contribution in [-0.2, 0) is 0 Å². The number of hydrogen-bond acceptors (Lipinski definition) is 2. The summed E-state index contributed by atoms with van der Waals surface area (Å²) in [6.07, 6.45) is 5.08. The molecule has 1 aliphatic heterocycles. The highest BCUT2D eigenvalue weighted by Gasteiger charge is 2.43. The minimum absolute atomic E-state index is 0.113. The van der Waals surface area contributed by atoms with Gasteiger partial charge in [0.25, 0.3) is 5.91 Å². The predicted octanol–water partition coefficient (Wildman–Crippen LogP) is 8.08. The van der Waals surface area contributed by atoms with Gasteiger partial charge in [-0.1, -0.05) is 65.1 Å². The third-order valence-electron chi connectivity index (χ3n) is 6.20. The number of amides is 1. The maximum Gasteiger partial charge on any atom is 0.274 e. The quantitative estimate of drug-likeness (QED) is 0.361. The molecule has 0 spiro atoms. The lowest BCUT2D eigenvalue weighted by Crippen LogP contribution is -2.31. The van der Waals surface area contributed by atoms with Crippen LogP contribution in [0, 0.1) is 5.92 Å². The second kappa shape index (κ2) is 9.34. The van der Waals surface area contributed by atoms with Crippen molar-refractivity contribution in [2.45, 2.75) is 25.3 Å². The standard InChI is InChI=1S/C27H21Cl3N2O/c28-21-11-7-17(8-12-21)15-19-3-2-6-24-25(19)31-32(26(24)18-9-13-22(29)14-10-18)27(33)20-4-1-5-23(30)16-20/h1,4-5,7-16,24,26H,2-3,6H2/b19-15+/t24-,26-/m0/s1. The van der Waals surface area contributed by atoms with Gasteiger partial charge < -0.3 is 0 Å². The van der Waals surface area contributed by atoms with Crippen LogP contribution in [0.1, 0.15) is 46.8 Å². The summed E-state index contributed by atoms with van der Waals surface area (Å²) in [5, 5.41) is 8.45. The van der Waals surface area contributed by atoms with E-state index in [1.54, 1.807) is 29.3 Å². The van der Waals surface area contributed by atoms with Crippen molar-refractivity contribution in [3.63, 3.8) is 0 Å². The molecule has 0 bridgehead atoms. The monoisotopic (exact) mass is 494 g/mol. The Morgan fingerprint density at radius 1 is 0.909 bits per heavy atom. The number of allylic oxidation sites excluding steroid dienone is 1. The summed E-state index contributed by atoms with van der Waals surface area (Å²) < 4.78 is 0. The van der Waals surface area contributed by atoms with Crippen LogP contribution < -0.4 is 0 Å². The molecule has 1 fully saturated rings. The second-order valence-corrected chi connectivity index (χ2v) is 9.67. The summed E-state index contributed by atoms with van der Waals surface area (Å²) in [7, 11) is 0. The molecule has 5 rings (SSSR count). The van der Waals surface area contributed by atoms with Crippen molar-refractivity contribution in [2.75, 3.05) is 0 Å². The van der Waals surface area contributed by atoms with E-state index < -0.39 is 0 Å². The minimum atomic E-state index is -0.197. The van der Waals surface area contributed by atoms with Crippen LogP contribution in [0.3, 0.4) is 0 Å². The van der Waals surface area contributed by atoms with Crippen molar-refractivity contribution in [1.82, 2.24) is 5.01 Å². The van der Waals surface area contributed by atoms with E-state index >= 15 is 0 Å². The zero-order valence-corrected chi connectivity index (χ0v) is 20.0. The molecule has 1 amide bonds. The maximum absolute atomic E-state index is 13.6. The van der Waals surface area contributed by atoms with Crippen molar-refractivity contribution in [1.29, 1.82) is 0 Å². The van der Waals surface area contributed by atoms with Gasteiger partial charge in [-0.25, -0.2) is 5.01 Å². The number of carbonyl (C=O) groups excluding carboxylic acids is 1. The fraction of sp³-hybridized carbons (Fsp3) is 0.185. The highest BCUT2D eigenvalue weighted by atomic mass is 35.5. The maximum atomic E-state index is 13.6. The Kier molecular flexibility index (Phi) is 6.29. The normalized spacial score (nSPS) is 21.1. The first kappa shape index (κ1) is 22.2. The topological polar surface area (TPSA) is 32.7 Å². The lowest BCUT2D eigenvalue weighted by atomic mass is 9.77. The first-order valence-electron chi connectivity index (χ1n) is 10.9. The highest BCUT2D eigenvalue weighted by molar-refractivity contribution is 6.31. The summed E-state index contributed by atoms with van der Waals surface area (Å²) in [6.45, 7) is 0. The van der Waals surface area contributed by atoms with Crippen molar-refractivity contribution >= 4 is 52.5 Å². The number of rotatable bonds is 3. The molecule has 3 nitrogen and oxygen atoms in total. The molecule has 1 saturated carbocycles. The molecule has 2 atom stereocenters. The Morgan fingerprint density at radius 3 is 2.30 bits per heavy atom. The zero-order chi connectivity index (χ0) is 22.9. The van der Waals surface area contributed by atoms with Gasteiger partial charge >= 0.3 is 0 Å². The molecule has 0 unspecified atom stereocenters. The lowest BCUT2D eigenvalue weighted by molar-refractivity contribution is 0.0681. The molecule has 3 aromatic carbocycles. The largest absolute Gasteiger partial charge is 0.274 e. The van der Waals surface area contributed by atoms with Crippen LogP contribution in [-0.4, -0.2) is 16.6 Å². The van der Waals surface area contributed by atoms with E-state index in [0.717, 1.165) is 41.7 Å². The number of nitrogens with zero attached hydrogens (tertiary/aromatic N) is 2. The molecule has 166 valence electrons. The Hall–Kier alpha value is -2.59. The first-order chi connectivity index (χ1) is 16.0. The van der Waals surface area contributed by atoms with Gasteiger partial charge in [0, 0.05) is 26.5 Å². The van der Waals surface area contributed by atoms with Gasteiger partial charge in [-0.15, -0.1) is 0 Å². The zero-order valence-electron chi connectivity index (χ0n) is 17.7. The van der Waals surface area contributed by atoms with Crippen LogP contribution in [0.5, 0.6) is 0 Å². The van der Waals surface area contributed by atoms with E-state index in [4.69, 9.17) is 39.9 Å². The van der Waals surface area contributed by atoms with Crippen LogP contribution in [0.4, 0.5) is 0 Å². The lowest BCUT2D eigenvalue weighted by Gasteiger charge is -2.29. The van der Waals surface area contributed by atoms with Crippen LogP contribution in [0.25, 0.3) is 6.08 Å². The van der Waals surface area contributed by atoms with Gasteiger partial charge in [-0.2, -0.15) is 5.10 Å². The van der Waals surface area contributed by atoms with Gasteiger partial charge in [0.1, 0.15) is 0 Å². The third-order valence-corrected chi connectivity index (χ3v) is 6.94. The number of hydrazone groups is 1. The average molecular weight is 496 g/mol. The van der Waals surface area contributed by atoms with Crippen molar-refractivity contribution in [3.8, 4) is 0 Å². The number of benzene rings is 3. The van der Waals surface area contributed by atoms with Gasteiger partial charge in [0.15, 0.2) is 0 Å². The minimum Gasteiger partial charge on any atom is -0.267 e. The molecule has 2 aliphatic rings. The fourth-order valence-electron chi connectivity index (χ4n) is 4.68. The number of halogens is 3. The molecule has 0 saturated heterocycles. The Bertz CT molecular complexity index is 1250. The summed E-state index contributed by atoms with van der Waals surface area (Å²) in [5.41, 5.74) is 4.75. The van der Waals surface area contributed by atoms with Crippen LogP contribution in [0.2, 0.25) is 15.1 Å². The molecule has 0 N–H and O–H groups in total. The van der Waals surface area contributed by atoms with Gasteiger partial charge in [0.2, 0.25) is 0 Å². The van der Waals surface area contributed by atoms with Crippen molar-refractivity contribution < 1.29 is 4.79 Å². The molecule has 1 aliphatic carbocycles. The molecule has 3 aromatic rings. The molecule has 0 radical (unpaired) electrons. The molecular formula is C27H21Cl3N2O. The van der Waals surface area contributed by atoms with E-state index in [1.165, 1.54) is 0 Å². The van der Waals surface area contributed by atoms with Crippen molar-refractivity contribution in [2.24, 2.45) is 11.0 Å². The van der Waals surface area contributed by atoms with Crippen LogP contribution >= 0.6 is 34.8 Å². The molecule has 1 heterocycles. The van der Waals surface area contributed by atoms with Crippen molar-refractivity contribution in [3.05, 3.63) is 110 Å². The SMILES string of the molecule is O=C(c1cccc(Cl)c1)N1N=C2/C(=C/c3ccc(Cl)cc3)CCC[C@@H]2[C@@H]1c1ccc(Cl)cc1. The Labute approximate surface area is 208 Å². The van der Waals surface area contributed by atoms with E-state index in [1.807, 2.05) is 48.5 Å². The summed E-state index contributed by atoms with van der Waals surface area (Å²) in [6, 6.07) is 22.3. The van der Waals surface area contributed by atoms with E-state index in [2.05, 4.69) is 6.08 Å². The Balaban J connectivity index is 1.58. The molecule has 6 heteroatoms. The molecular weight excluding hydrogens is 475 g/mol. The van der Waals surface area contributed by atoms with Gasteiger partial charge in [0.05, 0.1) is 11.8 Å². The predicted molar refractivity (Wildman–Crippen MR) is 136 cm³/mol. The highest BCUT2D eigenvalue weighted by Crippen LogP contribution is 2.45. The summed E-state index contributed by atoms with van der Waals surface area (Å²) in [5.74, 6) is -0.0493. The number of fused-ring (bicyclic) bond motifs is 1. The second-order valence-electron chi connectivity index (χ2n) is 8.36. The Morgan fingerprint density at radius 2 is 1.61 bits per heavy atom.